The van der Waals surface area contributed by atoms with Gasteiger partial charge in [0, 0.05) is 11.4 Å². The lowest BCUT2D eigenvalue weighted by atomic mass is 10.2. The number of nitrogens with zero attached hydrogens (tertiary/aromatic N) is 1. The van der Waals surface area contributed by atoms with Crippen LogP contribution in [0.4, 0.5) is 0 Å². The lowest BCUT2D eigenvalue weighted by Gasteiger charge is -2.25. The number of carbonyl (C=O) groups excluding carboxylic acids is 1. The third-order valence-electron chi connectivity index (χ3n) is 2.33. The van der Waals surface area contributed by atoms with E-state index in [9.17, 15) is 9.35 Å². The van der Waals surface area contributed by atoms with Gasteiger partial charge in [0.1, 0.15) is 26.3 Å². The van der Waals surface area contributed by atoms with Crippen LogP contribution >= 0.6 is 11.3 Å². The minimum Gasteiger partial charge on any atom is -0.598 e. The lowest BCUT2D eigenvalue weighted by Crippen LogP contribution is -2.40. The van der Waals surface area contributed by atoms with Crippen LogP contribution in [0.15, 0.2) is 6.20 Å². The quantitative estimate of drug-likeness (QED) is 0.677. The zero-order valence-electron chi connectivity index (χ0n) is 13.6. The van der Waals surface area contributed by atoms with Gasteiger partial charge in [-0.05, 0) is 48.5 Å². The normalized spacial score (nSPS) is 15.6. The van der Waals surface area contributed by atoms with Gasteiger partial charge in [-0.25, -0.2) is 9.78 Å². The minimum absolute atomic E-state index is 0.189. The van der Waals surface area contributed by atoms with Crippen molar-refractivity contribution in [3.8, 4) is 0 Å². The first kappa shape index (κ1) is 18.4. The van der Waals surface area contributed by atoms with Crippen molar-refractivity contribution < 1.29 is 14.1 Å². The summed E-state index contributed by atoms with van der Waals surface area (Å²) in [5, 5.41) is 0.716. The number of esters is 1. The molecule has 7 heteroatoms. The van der Waals surface area contributed by atoms with E-state index in [0.29, 0.717) is 9.88 Å². The fraction of sp³-hybridized carbons (Fsp3) is 0.714. The van der Waals surface area contributed by atoms with Crippen molar-refractivity contribution in [2.24, 2.45) is 0 Å². The predicted molar refractivity (Wildman–Crippen MR) is 86.7 cm³/mol. The number of rotatable bonds is 4. The Labute approximate surface area is 133 Å². The van der Waals surface area contributed by atoms with E-state index in [1.54, 1.807) is 0 Å². The van der Waals surface area contributed by atoms with E-state index < -0.39 is 17.0 Å². The molecule has 0 bridgehead atoms. The molecule has 1 unspecified atom stereocenters. The number of carbonyl (C=O) groups is 1. The second-order valence-electron chi connectivity index (χ2n) is 6.79. The molecule has 1 N–H and O–H groups in total. The largest absolute Gasteiger partial charge is 0.598 e. The highest BCUT2D eigenvalue weighted by molar-refractivity contribution is 7.90. The zero-order chi connectivity index (χ0) is 16.4. The number of thiazole rings is 1. The van der Waals surface area contributed by atoms with Crippen LogP contribution in [0.2, 0.25) is 0 Å². The fourth-order valence-corrected chi connectivity index (χ4v) is 2.96. The van der Waals surface area contributed by atoms with Crippen molar-refractivity contribution in [3.05, 3.63) is 16.1 Å². The second-order valence-corrected chi connectivity index (χ2v) is 9.85. The molecule has 1 aromatic heterocycles. The summed E-state index contributed by atoms with van der Waals surface area (Å²) in [5.74, 6) is -0.379. The van der Waals surface area contributed by atoms with Crippen LogP contribution in [-0.2, 0) is 16.1 Å². The van der Waals surface area contributed by atoms with Crippen molar-refractivity contribution in [3.63, 3.8) is 0 Å². The first-order valence-corrected chi connectivity index (χ1v) is 8.74. The number of hydrogen-bond acceptors (Lipinski definition) is 6. The summed E-state index contributed by atoms with van der Waals surface area (Å²) < 4.78 is 20.0. The van der Waals surface area contributed by atoms with Gasteiger partial charge in [0.15, 0.2) is 0 Å². The van der Waals surface area contributed by atoms with Crippen molar-refractivity contribution >= 4 is 28.7 Å². The fourth-order valence-electron chi connectivity index (χ4n) is 1.30. The molecule has 0 amide bonds. The van der Waals surface area contributed by atoms with E-state index in [4.69, 9.17) is 4.74 Å². The van der Waals surface area contributed by atoms with Crippen molar-refractivity contribution in [2.75, 3.05) is 0 Å². The molecule has 0 saturated carbocycles. The van der Waals surface area contributed by atoms with Crippen molar-refractivity contribution in [1.82, 2.24) is 9.71 Å². The van der Waals surface area contributed by atoms with Crippen LogP contribution in [0.25, 0.3) is 0 Å². The van der Waals surface area contributed by atoms with Gasteiger partial charge in [-0.15, -0.1) is 16.1 Å². The lowest BCUT2D eigenvalue weighted by molar-refractivity contribution is 0.00749. The molecule has 0 spiro atoms. The number of ether oxygens (including phenoxy) is 1. The van der Waals surface area contributed by atoms with Gasteiger partial charge < -0.3 is 9.29 Å². The molecule has 0 aromatic carbocycles. The molecule has 0 aliphatic rings. The smallest absolute Gasteiger partial charge is 0.350 e. The van der Waals surface area contributed by atoms with Gasteiger partial charge in [-0.3, -0.25) is 0 Å². The summed E-state index contributed by atoms with van der Waals surface area (Å²) in [4.78, 5) is 16.6. The van der Waals surface area contributed by atoms with Crippen LogP contribution in [0.3, 0.4) is 0 Å². The maximum absolute atomic E-state index is 12.1. The van der Waals surface area contributed by atoms with Crippen LogP contribution in [0.1, 0.15) is 69.2 Å². The van der Waals surface area contributed by atoms with Gasteiger partial charge in [-0.2, -0.15) is 0 Å². The number of aromatic nitrogens is 1. The highest BCUT2D eigenvalue weighted by atomic mass is 32.2. The highest BCUT2D eigenvalue weighted by Crippen LogP contribution is 2.24. The molecule has 0 aliphatic carbocycles. The second kappa shape index (κ2) is 6.64. The van der Waals surface area contributed by atoms with Gasteiger partial charge in [-0.1, -0.05) is 0 Å². The van der Waals surface area contributed by atoms with E-state index in [1.807, 2.05) is 48.5 Å². The predicted octanol–water partition coefficient (Wildman–Crippen LogP) is 3.21. The topological polar surface area (TPSA) is 74.3 Å². The molecular formula is C14H24N2O3S2. The third kappa shape index (κ3) is 5.94. The molecule has 1 heterocycles. The van der Waals surface area contributed by atoms with E-state index in [1.165, 1.54) is 17.5 Å². The van der Waals surface area contributed by atoms with Crippen molar-refractivity contribution in [2.45, 2.75) is 64.9 Å². The highest BCUT2D eigenvalue weighted by Gasteiger charge is 2.29. The van der Waals surface area contributed by atoms with E-state index in [2.05, 4.69) is 9.71 Å². The summed E-state index contributed by atoms with van der Waals surface area (Å²) in [6.45, 7) is 13.0. The maximum Gasteiger partial charge on any atom is 0.350 e. The Morgan fingerprint density at radius 2 is 1.95 bits per heavy atom. The van der Waals surface area contributed by atoms with E-state index >= 15 is 0 Å². The molecule has 0 fully saturated rings. The third-order valence-corrected chi connectivity index (χ3v) is 5.17. The van der Waals surface area contributed by atoms with Crippen LogP contribution in [-0.4, -0.2) is 25.9 Å². The summed E-state index contributed by atoms with van der Waals surface area (Å²) in [5.41, 5.74) is -0.529. The molecule has 1 rings (SSSR count). The summed E-state index contributed by atoms with van der Waals surface area (Å²) in [6.07, 6.45) is 1.51. The monoisotopic (exact) mass is 332 g/mol. The van der Waals surface area contributed by atoms with Crippen molar-refractivity contribution in [1.29, 1.82) is 0 Å². The number of nitrogens with one attached hydrogen (secondary N) is 1. The molecule has 0 aliphatic heterocycles. The molecule has 0 radical (unpaired) electrons. The Morgan fingerprint density at radius 1 is 1.38 bits per heavy atom. The Hall–Kier alpha value is -0.630. The molecule has 21 heavy (non-hydrogen) atoms. The van der Waals surface area contributed by atoms with Crippen LogP contribution < -0.4 is 4.72 Å². The first-order chi connectivity index (χ1) is 9.40. The van der Waals surface area contributed by atoms with Crippen LogP contribution in [0.5, 0.6) is 0 Å². The van der Waals surface area contributed by atoms with E-state index in [0.717, 1.165) is 0 Å². The number of hydrogen-bond donors (Lipinski definition) is 1. The molecular weight excluding hydrogens is 308 g/mol. The summed E-state index contributed by atoms with van der Waals surface area (Å²) in [7, 11) is 0. The summed E-state index contributed by atoms with van der Waals surface area (Å²) >= 11 is 0.0751. The standard InChI is InChI=1S/C14H24N2O3S2/c1-9(16-21(18)14(5,6)7)11-15-8-10(20-11)12(17)19-13(2,3)4/h8-9,16H,1-7H3/t9-,21?/m1/s1. The minimum atomic E-state index is -1.18. The maximum atomic E-state index is 12.1. The summed E-state index contributed by atoms with van der Waals surface area (Å²) in [6, 6.07) is -0.189. The molecule has 0 saturated heterocycles. The molecule has 120 valence electrons. The Balaban J connectivity index is 2.73. The van der Waals surface area contributed by atoms with E-state index in [-0.39, 0.29) is 16.8 Å². The Morgan fingerprint density at radius 3 is 2.43 bits per heavy atom. The molecule has 1 aromatic rings. The van der Waals surface area contributed by atoms with Gasteiger partial charge >= 0.3 is 5.97 Å². The van der Waals surface area contributed by atoms with Gasteiger partial charge in [0.25, 0.3) is 0 Å². The molecule has 2 atom stereocenters. The first-order valence-electron chi connectivity index (χ1n) is 6.77. The van der Waals surface area contributed by atoms with Crippen LogP contribution in [0, 0.1) is 0 Å². The SMILES string of the molecule is C[C@@H](N[S+]([O-])C(C)(C)C)c1ncc(C(=O)OC(C)(C)C)s1. The zero-order valence-corrected chi connectivity index (χ0v) is 15.3. The average Bonchev–Trinajstić information content (AvgIpc) is 2.74. The van der Waals surface area contributed by atoms with Gasteiger partial charge in [0.2, 0.25) is 0 Å². The molecule has 5 nitrogen and oxygen atoms in total. The Kier molecular flexibility index (Phi) is 5.83. The Bertz CT molecular complexity index is 489. The van der Waals surface area contributed by atoms with Gasteiger partial charge in [0.05, 0.1) is 6.20 Å². The average molecular weight is 332 g/mol.